The molecule has 0 radical (unpaired) electrons. The Kier molecular flexibility index (Phi) is 10.5. The molecule has 1 aliphatic heterocycles. The summed E-state index contributed by atoms with van der Waals surface area (Å²) < 4.78 is 0. The van der Waals surface area contributed by atoms with Crippen molar-refractivity contribution >= 4 is 11.9 Å². The van der Waals surface area contributed by atoms with Crippen LogP contribution in [0, 0.1) is 5.92 Å². The van der Waals surface area contributed by atoms with Gasteiger partial charge in [0.2, 0.25) is 0 Å². The number of carboxylic acid groups (broad SMARTS) is 2. The molecule has 0 amide bonds. The van der Waals surface area contributed by atoms with Gasteiger partial charge < -0.3 is 45.1 Å². The fourth-order valence-electron chi connectivity index (χ4n) is 4.10. The molecule has 4 atom stereocenters. The molecule has 0 aromatic heterocycles. The van der Waals surface area contributed by atoms with Crippen molar-refractivity contribution in [3.63, 3.8) is 0 Å². The Morgan fingerprint density at radius 2 is 1.41 bits per heavy atom. The van der Waals surface area contributed by atoms with Gasteiger partial charge in [-0.3, -0.25) is 0 Å². The molecule has 4 unspecified atom stereocenters. The van der Waals surface area contributed by atoms with Crippen molar-refractivity contribution in [1.82, 2.24) is 0 Å². The molecule has 9 heteroatoms. The van der Waals surface area contributed by atoms with Crippen LogP contribution < -0.4 is 15.1 Å². The van der Waals surface area contributed by atoms with Crippen LogP contribution in [-0.2, 0) is 16.0 Å². The zero-order valence-corrected chi connectivity index (χ0v) is 19.0. The first-order chi connectivity index (χ1) is 16.1. The summed E-state index contributed by atoms with van der Waals surface area (Å²) in [5.74, 6) is -3.12. The largest absolute Gasteiger partial charge is 0.547 e. The Morgan fingerprint density at radius 3 is 1.88 bits per heavy atom. The van der Waals surface area contributed by atoms with Crippen LogP contribution in [0.1, 0.15) is 37.0 Å². The number of carbonyl (C=O) groups is 2. The smallest absolute Gasteiger partial charge is 0.130 e. The zero-order chi connectivity index (χ0) is 25.3. The lowest BCUT2D eigenvalue weighted by molar-refractivity contribution is -0.933. The third-order valence-corrected chi connectivity index (χ3v) is 6.25. The predicted molar refractivity (Wildman–Crippen MR) is 118 cm³/mol. The second kappa shape index (κ2) is 13.0. The van der Waals surface area contributed by atoms with Crippen LogP contribution in [0.5, 0.6) is 5.75 Å². The third kappa shape index (κ3) is 8.11. The van der Waals surface area contributed by atoms with Gasteiger partial charge in [0.15, 0.2) is 0 Å². The van der Waals surface area contributed by atoms with Gasteiger partial charge >= 0.3 is 0 Å². The molecule has 9 nitrogen and oxygen atoms in total. The number of aliphatic hydroxyl groups excluding tert-OH is 3. The maximum absolute atomic E-state index is 10.6. The van der Waals surface area contributed by atoms with Gasteiger partial charge in [-0.1, -0.05) is 42.5 Å². The van der Waals surface area contributed by atoms with Crippen molar-refractivity contribution < 1.29 is 45.1 Å². The van der Waals surface area contributed by atoms with Crippen LogP contribution in [0.3, 0.4) is 0 Å². The molecule has 2 aromatic rings. The van der Waals surface area contributed by atoms with Crippen LogP contribution in [0.15, 0.2) is 54.6 Å². The highest BCUT2D eigenvalue weighted by Crippen LogP contribution is 2.20. The minimum absolute atomic E-state index is 0.173. The standard InChI is InChI=1S/C21H27NO2.C4H6O6/c1-16(21(24)19-7-9-20(23)10-8-19)22-13-11-18(12-14-22)15-17-5-3-2-4-6-17;5-1(3(7)8)2(6)4(9)10/h2-10,16,18,21,23-24H,11-15H2,1H3;1-2,5-6H,(H,7,8)(H,9,10)/p-1. The maximum atomic E-state index is 10.6. The van der Waals surface area contributed by atoms with E-state index in [0.717, 1.165) is 24.6 Å². The number of hydrogen-bond acceptors (Lipinski definition) is 8. The van der Waals surface area contributed by atoms with Crippen LogP contribution in [-0.4, -0.2) is 63.7 Å². The van der Waals surface area contributed by atoms with Gasteiger partial charge in [-0.2, -0.15) is 0 Å². The number of phenolic OH excluding ortho intramolecular Hbond substituents is 1. The van der Waals surface area contributed by atoms with E-state index in [1.807, 2.05) is 12.1 Å². The lowest BCUT2D eigenvalue weighted by Crippen LogP contribution is -3.17. The van der Waals surface area contributed by atoms with Crippen molar-refractivity contribution in [2.75, 3.05) is 13.1 Å². The summed E-state index contributed by atoms with van der Waals surface area (Å²) >= 11 is 0. The normalized spacial score (nSPS) is 21.3. The summed E-state index contributed by atoms with van der Waals surface area (Å²) in [5.41, 5.74) is 2.32. The predicted octanol–water partition coefficient (Wildman–Crippen LogP) is -2.44. The lowest BCUT2D eigenvalue weighted by Gasteiger charge is -2.35. The number of carboxylic acids is 2. The van der Waals surface area contributed by atoms with E-state index in [1.54, 1.807) is 12.1 Å². The molecule has 0 saturated carbocycles. The molecule has 0 bridgehead atoms. The highest BCUT2D eigenvalue weighted by atomic mass is 16.4. The summed E-state index contributed by atoms with van der Waals surface area (Å²) in [4.78, 5) is 20.8. The number of aliphatic carboxylic acids is 2. The number of aliphatic hydroxyl groups is 3. The molecule has 1 aliphatic rings. The van der Waals surface area contributed by atoms with E-state index in [9.17, 15) is 30.0 Å². The third-order valence-electron chi connectivity index (χ3n) is 6.25. The second-order valence-corrected chi connectivity index (χ2v) is 8.64. The average Bonchev–Trinajstić information content (AvgIpc) is 2.84. The van der Waals surface area contributed by atoms with E-state index in [4.69, 9.17) is 10.2 Å². The summed E-state index contributed by atoms with van der Waals surface area (Å²) in [5, 5.41) is 55.8. The van der Waals surface area contributed by atoms with Gasteiger partial charge in [-0.15, -0.1) is 0 Å². The molecular weight excluding hydrogens is 442 g/mol. The number of likely N-dealkylation sites (tertiary alicyclic amines) is 1. The second-order valence-electron chi connectivity index (χ2n) is 8.64. The van der Waals surface area contributed by atoms with E-state index in [1.165, 1.54) is 29.7 Å². The Bertz CT molecular complexity index is 879. The van der Waals surface area contributed by atoms with Crippen LogP contribution in [0.2, 0.25) is 0 Å². The number of carbonyl (C=O) groups excluding carboxylic acids is 2. The van der Waals surface area contributed by atoms with Crippen molar-refractivity contribution in [1.29, 1.82) is 0 Å². The van der Waals surface area contributed by atoms with Crippen LogP contribution in [0.4, 0.5) is 0 Å². The monoisotopic (exact) mass is 474 g/mol. The number of nitrogens with one attached hydrogen (secondary N) is 1. The molecule has 0 spiro atoms. The van der Waals surface area contributed by atoms with Crippen LogP contribution in [0.25, 0.3) is 0 Å². The first-order valence-corrected chi connectivity index (χ1v) is 11.2. The van der Waals surface area contributed by atoms with Gasteiger partial charge in [0.25, 0.3) is 0 Å². The fourth-order valence-corrected chi connectivity index (χ4v) is 4.10. The maximum Gasteiger partial charge on any atom is 0.130 e. The average molecular weight is 475 g/mol. The summed E-state index contributed by atoms with van der Waals surface area (Å²) in [6.07, 6.45) is -1.75. The van der Waals surface area contributed by atoms with Crippen molar-refractivity contribution in [3.05, 3.63) is 65.7 Å². The fraction of sp³-hybridized carbons (Fsp3) is 0.440. The highest BCUT2D eigenvalue weighted by molar-refractivity contribution is 5.80. The number of rotatable bonds is 8. The number of phenols is 1. The van der Waals surface area contributed by atoms with E-state index in [-0.39, 0.29) is 11.8 Å². The first-order valence-electron chi connectivity index (χ1n) is 11.2. The number of hydrogen-bond donors (Lipinski definition) is 5. The number of quaternary nitrogens is 1. The quantitative estimate of drug-likeness (QED) is 0.281. The minimum atomic E-state index is -2.44. The highest BCUT2D eigenvalue weighted by Gasteiger charge is 2.30. The lowest BCUT2D eigenvalue weighted by atomic mass is 9.89. The molecule has 1 heterocycles. The number of aromatic hydroxyl groups is 1. The van der Waals surface area contributed by atoms with Gasteiger partial charge in [-0.05, 0) is 55.4 Å². The van der Waals surface area contributed by atoms with E-state index in [0.29, 0.717) is 0 Å². The molecule has 1 fully saturated rings. The number of piperidine rings is 1. The Morgan fingerprint density at radius 1 is 0.912 bits per heavy atom. The SMILES string of the molecule is CC(C(O)c1ccc(O)cc1)[NH+]1CCC(Cc2ccccc2)CC1.O=C([O-])C(O)C(O)C(=O)[O-]. The van der Waals surface area contributed by atoms with E-state index in [2.05, 4.69) is 37.3 Å². The zero-order valence-electron chi connectivity index (χ0n) is 19.0. The Labute approximate surface area is 198 Å². The number of benzene rings is 2. The van der Waals surface area contributed by atoms with Crippen molar-refractivity contribution in [2.45, 2.75) is 50.5 Å². The Hall–Kier alpha value is -2.98. The van der Waals surface area contributed by atoms with Gasteiger partial charge in [0.1, 0.15) is 30.1 Å². The molecule has 34 heavy (non-hydrogen) atoms. The minimum Gasteiger partial charge on any atom is -0.547 e. The van der Waals surface area contributed by atoms with Crippen molar-refractivity contribution in [2.24, 2.45) is 5.92 Å². The molecule has 1 saturated heterocycles. The van der Waals surface area contributed by atoms with E-state index < -0.39 is 30.3 Å². The van der Waals surface area contributed by atoms with Crippen molar-refractivity contribution in [3.8, 4) is 5.75 Å². The topological polar surface area (TPSA) is 166 Å². The Balaban J connectivity index is 0.000000347. The summed E-state index contributed by atoms with van der Waals surface area (Å²) in [6, 6.07) is 17.8. The molecule has 0 aliphatic carbocycles. The summed E-state index contributed by atoms with van der Waals surface area (Å²) in [6.45, 7) is 4.37. The van der Waals surface area contributed by atoms with E-state index >= 15 is 0 Å². The van der Waals surface area contributed by atoms with Gasteiger partial charge in [0, 0.05) is 0 Å². The van der Waals surface area contributed by atoms with Gasteiger partial charge in [-0.25, -0.2) is 0 Å². The molecule has 2 aromatic carbocycles. The molecular formula is C25H32NO8-. The first kappa shape index (κ1) is 27.3. The van der Waals surface area contributed by atoms with Gasteiger partial charge in [0.05, 0.1) is 25.0 Å². The summed E-state index contributed by atoms with van der Waals surface area (Å²) in [7, 11) is 0. The van der Waals surface area contributed by atoms with Crippen LogP contribution >= 0.6 is 0 Å². The molecule has 5 N–H and O–H groups in total. The molecule has 186 valence electrons. The molecule has 3 rings (SSSR count).